The summed E-state index contributed by atoms with van der Waals surface area (Å²) in [6.07, 6.45) is 8.49. The van der Waals surface area contributed by atoms with Crippen molar-refractivity contribution in [3.8, 4) is 0 Å². The summed E-state index contributed by atoms with van der Waals surface area (Å²) in [5, 5.41) is 0. The van der Waals surface area contributed by atoms with Gasteiger partial charge in [0.25, 0.3) is 0 Å². The van der Waals surface area contributed by atoms with Crippen LogP contribution in [0.25, 0.3) is 0 Å². The Labute approximate surface area is 104 Å². The van der Waals surface area contributed by atoms with Crippen LogP contribution in [0.2, 0.25) is 0 Å². The number of carbonyl (C=O) groups excluding carboxylic acids is 1. The summed E-state index contributed by atoms with van der Waals surface area (Å²) in [7, 11) is 0. The number of nitrogens with zero attached hydrogens (tertiary/aromatic N) is 1. The zero-order valence-corrected chi connectivity index (χ0v) is 10.6. The van der Waals surface area contributed by atoms with Crippen LogP contribution in [0.5, 0.6) is 0 Å². The summed E-state index contributed by atoms with van der Waals surface area (Å²) in [6, 6.07) is 0. The lowest BCUT2D eigenvalue weighted by Crippen LogP contribution is -2.32. The number of hydrogen-bond donors (Lipinski definition) is 0. The van der Waals surface area contributed by atoms with Gasteiger partial charge in [0.2, 0.25) is 5.91 Å². The second kappa shape index (κ2) is 4.60. The predicted octanol–water partition coefficient (Wildman–Crippen LogP) is 2.21. The van der Waals surface area contributed by atoms with Gasteiger partial charge in [-0.25, -0.2) is 0 Å². The fourth-order valence-corrected chi connectivity index (χ4v) is 3.80. The van der Waals surface area contributed by atoms with Crippen LogP contribution in [0, 0.1) is 11.3 Å². The molecule has 0 aromatic heterocycles. The maximum Gasteiger partial charge on any atom is 0.222 e. The third kappa shape index (κ3) is 2.35. The summed E-state index contributed by atoms with van der Waals surface area (Å²) in [5.41, 5.74) is 0.516. The topological polar surface area (TPSA) is 29.5 Å². The molecule has 2 heterocycles. The quantitative estimate of drug-likeness (QED) is 0.737. The number of carbonyl (C=O) groups is 1. The van der Waals surface area contributed by atoms with Crippen molar-refractivity contribution in [3.63, 3.8) is 0 Å². The first kappa shape index (κ1) is 11.5. The van der Waals surface area contributed by atoms with Crippen LogP contribution in [-0.2, 0) is 9.53 Å². The number of likely N-dealkylation sites (tertiary alicyclic amines) is 1. The molecule has 3 fully saturated rings. The Balaban J connectivity index is 1.53. The highest BCUT2D eigenvalue weighted by Crippen LogP contribution is 2.45. The molecule has 96 valence electrons. The van der Waals surface area contributed by atoms with Crippen LogP contribution < -0.4 is 0 Å². The molecule has 3 heteroatoms. The average molecular weight is 237 g/mol. The molecule has 0 bridgehead atoms. The molecule has 2 saturated heterocycles. The molecule has 1 saturated carbocycles. The SMILES string of the molecule is O=C(CC1CCOC1)N1CCC2(CCCC2)C1. The van der Waals surface area contributed by atoms with Crippen molar-refractivity contribution in [2.45, 2.75) is 44.9 Å². The number of rotatable bonds is 2. The van der Waals surface area contributed by atoms with E-state index >= 15 is 0 Å². The predicted molar refractivity (Wildman–Crippen MR) is 65.6 cm³/mol. The van der Waals surface area contributed by atoms with Crippen molar-refractivity contribution in [1.29, 1.82) is 0 Å². The standard InChI is InChI=1S/C14H23NO2/c16-13(9-12-3-8-17-10-12)15-7-6-14(11-15)4-1-2-5-14/h12H,1-11H2. The van der Waals surface area contributed by atoms with E-state index in [4.69, 9.17) is 4.74 Å². The third-order valence-electron chi connectivity index (χ3n) is 4.94. The lowest BCUT2D eigenvalue weighted by molar-refractivity contribution is -0.131. The average Bonchev–Trinajstić information content (AvgIpc) is 3.03. The minimum atomic E-state index is 0.379. The molecule has 3 aliphatic rings. The molecule has 1 unspecified atom stereocenters. The van der Waals surface area contributed by atoms with Gasteiger partial charge < -0.3 is 9.64 Å². The summed E-state index contributed by atoms with van der Waals surface area (Å²) in [6.45, 7) is 3.69. The van der Waals surface area contributed by atoms with E-state index in [1.165, 1.54) is 32.1 Å². The van der Waals surface area contributed by atoms with Gasteiger partial charge in [0, 0.05) is 32.7 Å². The monoisotopic (exact) mass is 237 g/mol. The third-order valence-corrected chi connectivity index (χ3v) is 4.94. The van der Waals surface area contributed by atoms with E-state index in [2.05, 4.69) is 4.90 Å². The lowest BCUT2D eigenvalue weighted by Gasteiger charge is -2.24. The second-order valence-corrected chi connectivity index (χ2v) is 6.21. The maximum absolute atomic E-state index is 12.2. The molecule has 0 N–H and O–H groups in total. The van der Waals surface area contributed by atoms with Crippen molar-refractivity contribution in [3.05, 3.63) is 0 Å². The number of ether oxygens (including phenoxy) is 1. The van der Waals surface area contributed by atoms with Gasteiger partial charge in [-0.1, -0.05) is 12.8 Å². The lowest BCUT2D eigenvalue weighted by atomic mass is 9.86. The van der Waals surface area contributed by atoms with Crippen LogP contribution in [0.3, 0.4) is 0 Å². The van der Waals surface area contributed by atoms with Gasteiger partial charge >= 0.3 is 0 Å². The van der Waals surface area contributed by atoms with Gasteiger partial charge in [-0.15, -0.1) is 0 Å². The molecular formula is C14H23NO2. The van der Waals surface area contributed by atoms with E-state index in [-0.39, 0.29) is 0 Å². The molecule has 3 nitrogen and oxygen atoms in total. The van der Waals surface area contributed by atoms with E-state index in [9.17, 15) is 4.79 Å². The highest BCUT2D eigenvalue weighted by molar-refractivity contribution is 5.76. The highest BCUT2D eigenvalue weighted by Gasteiger charge is 2.41. The van der Waals surface area contributed by atoms with Crippen molar-refractivity contribution in [1.82, 2.24) is 4.90 Å². The minimum absolute atomic E-state index is 0.379. The molecule has 17 heavy (non-hydrogen) atoms. The molecule has 0 aromatic rings. The Bertz CT molecular complexity index is 291. The normalized spacial score (nSPS) is 31.5. The van der Waals surface area contributed by atoms with Crippen molar-refractivity contribution < 1.29 is 9.53 Å². The van der Waals surface area contributed by atoms with Crippen LogP contribution in [0.1, 0.15) is 44.9 Å². The Hall–Kier alpha value is -0.570. The van der Waals surface area contributed by atoms with Crippen LogP contribution in [0.15, 0.2) is 0 Å². The van der Waals surface area contributed by atoms with Gasteiger partial charge in [0.1, 0.15) is 0 Å². The van der Waals surface area contributed by atoms with Crippen molar-refractivity contribution in [2.75, 3.05) is 26.3 Å². The largest absolute Gasteiger partial charge is 0.381 e. The smallest absolute Gasteiger partial charge is 0.222 e. The Kier molecular flexibility index (Phi) is 3.12. The van der Waals surface area contributed by atoms with Gasteiger partial charge in [-0.05, 0) is 37.0 Å². The fourth-order valence-electron chi connectivity index (χ4n) is 3.80. The highest BCUT2D eigenvalue weighted by atomic mass is 16.5. The molecule has 0 aromatic carbocycles. The molecule has 1 amide bonds. The summed E-state index contributed by atoms with van der Waals surface area (Å²) < 4.78 is 5.34. The minimum Gasteiger partial charge on any atom is -0.381 e. The fraction of sp³-hybridized carbons (Fsp3) is 0.929. The van der Waals surface area contributed by atoms with E-state index < -0.39 is 0 Å². The zero-order valence-electron chi connectivity index (χ0n) is 10.6. The first-order chi connectivity index (χ1) is 8.27. The van der Waals surface area contributed by atoms with Gasteiger partial charge in [0.05, 0.1) is 0 Å². The molecular weight excluding hydrogens is 214 g/mol. The number of hydrogen-bond acceptors (Lipinski definition) is 2. The summed E-state index contributed by atoms with van der Waals surface area (Å²) in [4.78, 5) is 14.3. The molecule has 3 rings (SSSR count). The Morgan fingerprint density at radius 1 is 1.29 bits per heavy atom. The van der Waals surface area contributed by atoms with E-state index in [0.717, 1.165) is 39.1 Å². The van der Waals surface area contributed by atoms with Crippen molar-refractivity contribution in [2.24, 2.45) is 11.3 Å². The molecule has 1 aliphatic carbocycles. The number of amides is 1. The van der Waals surface area contributed by atoms with E-state index in [1.54, 1.807) is 0 Å². The van der Waals surface area contributed by atoms with Crippen LogP contribution in [-0.4, -0.2) is 37.1 Å². The van der Waals surface area contributed by atoms with Crippen LogP contribution >= 0.6 is 0 Å². The van der Waals surface area contributed by atoms with Gasteiger partial charge in [-0.2, -0.15) is 0 Å². The van der Waals surface area contributed by atoms with Gasteiger partial charge in [-0.3, -0.25) is 4.79 Å². The summed E-state index contributed by atoms with van der Waals surface area (Å²) in [5.74, 6) is 0.868. The zero-order chi connectivity index (χ0) is 11.7. The molecule has 0 radical (unpaired) electrons. The van der Waals surface area contributed by atoms with E-state index in [0.29, 0.717) is 17.2 Å². The van der Waals surface area contributed by atoms with Crippen molar-refractivity contribution >= 4 is 5.91 Å². The molecule has 1 atom stereocenters. The first-order valence-electron chi connectivity index (χ1n) is 7.13. The second-order valence-electron chi connectivity index (χ2n) is 6.21. The maximum atomic E-state index is 12.2. The molecule has 2 aliphatic heterocycles. The van der Waals surface area contributed by atoms with Gasteiger partial charge in [0.15, 0.2) is 0 Å². The Morgan fingerprint density at radius 3 is 2.82 bits per heavy atom. The molecule has 1 spiro atoms. The summed E-state index contributed by atoms with van der Waals surface area (Å²) >= 11 is 0. The Morgan fingerprint density at radius 2 is 2.12 bits per heavy atom. The first-order valence-corrected chi connectivity index (χ1v) is 7.13. The van der Waals surface area contributed by atoms with Crippen LogP contribution in [0.4, 0.5) is 0 Å². The van der Waals surface area contributed by atoms with E-state index in [1.807, 2.05) is 0 Å².